The van der Waals surface area contributed by atoms with E-state index in [1.807, 2.05) is 28.5 Å². The largest absolute Gasteiger partial charge is 0.341 e. The topological polar surface area (TPSA) is 41.0 Å². The van der Waals surface area contributed by atoms with Gasteiger partial charge in [-0.15, -0.1) is 0 Å². The number of likely N-dealkylation sites (tertiary alicyclic amines) is 1. The number of benzene rings is 1. The van der Waals surface area contributed by atoms with Crippen molar-refractivity contribution in [3.63, 3.8) is 0 Å². The Hall–Kier alpha value is -1.62. The van der Waals surface area contributed by atoms with E-state index in [9.17, 15) is 4.79 Å². The fourth-order valence-electron chi connectivity index (χ4n) is 3.04. The molecule has 0 spiro atoms. The molecule has 1 saturated heterocycles. The minimum absolute atomic E-state index is 0.169. The number of rotatable bonds is 2. The van der Waals surface area contributed by atoms with Crippen molar-refractivity contribution in [1.29, 1.82) is 0 Å². The Morgan fingerprint density at radius 1 is 1.35 bits per heavy atom. The number of H-pyrrole nitrogens is 1. The highest BCUT2D eigenvalue weighted by Gasteiger charge is 2.26. The highest BCUT2D eigenvalue weighted by atomic mass is 32.1. The van der Waals surface area contributed by atoms with Gasteiger partial charge in [0.2, 0.25) is 5.91 Å². The van der Waals surface area contributed by atoms with Crippen LogP contribution in [0, 0.1) is 11.7 Å². The Labute approximate surface area is 123 Å². The lowest BCUT2D eigenvalue weighted by atomic mass is 10.2. The van der Waals surface area contributed by atoms with Crippen LogP contribution >= 0.6 is 12.2 Å². The molecule has 1 fully saturated rings. The molecule has 20 heavy (non-hydrogen) atoms. The van der Waals surface area contributed by atoms with Crippen molar-refractivity contribution < 1.29 is 4.79 Å². The maximum Gasteiger partial charge on any atom is 0.245 e. The molecule has 1 amide bonds. The van der Waals surface area contributed by atoms with E-state index in [2.05, 4.69) is 18.0 Å². The maximum absolute atomic E-state index is 12.6. The molecular formula is C15H19N3OS. The molecule has 0 saturated carbocycles. The Morgan fingerprint density at radius 2 is 2.05 bits per heavy atom. The number of nitrogens with zero attached hydrogens (tertiary/aromatic N) is 2. The van der Waals surface area contributed by atoms with Crippen LogP contribution in [0.3, 0.4) is 0 Å². The summed E-state index contributed by atoms with van der Waals surface area (Å²) < 4.78 is 2.58. The van der Waals surface area contributed by atoms with Gasteiger partial charge < -0.3 is 14.5 Å². The maximum atomic E-state index is 12.6. The highest BCUT2D eigenvalue weighted by Crippen LogP contribution is 2.24. The predicted octanol–water partition coefficient (Wildman–Crippen LogP) is 3.19. The number of amides is 1. The van der Waals surface area contributed by atoms with Gasteiger partial charge in [0.05, 0.1) is 11.0 Å². The predicted molar refractivity (Wildman–Crippen MR) is 82.4 cm³/mol. The number of carbonyl (C=O) groups excluding carboxylic acids is 1. The van der Waals surface area contributed by atoms with Crippen LogP contribution in [0.2, 0.25) is 0 Å². The Balaban J connectivity index is 2.07. The quantitative estimate of drug-likeness (QED) is 0.863. The van der Waals surface area contributed by atoms with E-state index in [1.165, 1.54) is 0 Å². The molecule has 1 atom stereocenters. The van der Waals surface area contributed by atoms with Gasteiger partial charge in [0.15, 0.2) is 4.77 Å². The Morgan fingerprint density at radius 3 is 2.75 bits per heavy atom. The van der Waals surface area contributed by atoms with Crippen molar-refractivity contribution in [3.05, 3.63) is 28.5 Å². The number of nitrogens with one attached hydrogen (secondary N) is 1. The van der Waals surface area contributed by atoms with Crippen LogP contribution in [0.4, 0.5) is 0 Å². The monoisotopic (exact) mass is 289 g/mol. The van der Waals surface area contributed by atoms with Crippen molar-refractivity contribution in [1.82, 2.24) is 14.5 Å². The minimum atomic E-state index is -0.254. The summed E-state index contributed by atoms with van der Waals surface area (Å²) in [6.07, 6.45) is 2.22. The summed E-state index contributed by atoms with van der Waals surface area (Å²) in [6.45, 7) is 5.74. The summed E-state index contributed by atoms with van der Waals surface area (Å²) in [5.74, 6) is 0.169. The van der Waals surface area contributed by atoms with Gasteiger partial charge in [0, 0.05) is 13.1 Å². The SMILES string of the molecule is Cc1cccc2[nH]c(=S)n(C(C)C(=O)N3CCCC3)c12. The summed E-state index contributed by atoms with van der Waals surface area (Å²) >= 11 is 5.42. The molecule has 1 N–H and O–H groups in total. The molecule has 1 aromatic heterocycles. The number of imidazole rings is 1. The third-order valence-corrected chi connectivity index (χ3v) is 4.40. The molecule has 0 radical (unpaired) electrons. The third-order valence-electron chi connectivity index (χ3n) is 4.10. The normalized spacial score (nSPS) is 16.8. The van der Waals surface area contributed by atoms with Gasteiger partial charge in [-0.2, -0.15) is 0 Å². The summed E-state index contributed by atoms with van der Waals surface area (Å²) in [6, 6.07) is 5.80. The lowest BCUT2D eigenvalue weighted by molar-refractivity contribution is -0.133. The number of carbonyl (C=O) groups is 1. The summed E-state index contributed by atoms with van der Waals surface area (Å²) in [4.78, 5) is 17.7. The molecule has 1 aliphatic heterocycles. The zero-order valence-electron chi connectivity index (χ0n) is 11.8. The molecule has 1 aromatic carbocycles. The average molecular weight is 289 g/mol. The minimum Gasteiger partial charge on any atom is -0.341 e. The molecule has 1 unspecified atom stereocenters. The molecule has 106 valence electrons. The van der Waals surface area contributed by atoms with E-state index in [0.717, 1.165) is 42.5 Å². The summed E-state index contributed by atoms with van der Waals surface area (Å²) in [5, 5.41) is 0. The summed E-state index contributed by atoms with van der Waals surface area (Å²) in [5.41, 5.74) is 3.17. The highest BCUT2D eigenvalue weighted by molar-refractivity contribution is 7.71. The molecule has 0 bridgehead atoms. The van der Waals surface area contributed by atoms with Gasteiger partial charge in [-0.05, 0) is 50.5 Å². The van der Waals surface area contributed by atoms with Crippen LogP contribution < -0.4 is 0 Å². The van der Waals surface area contributed by atoms with Crippen LogP contribution in [0.1, 0.15) is 31.4 Å². The molecule has 3 rings (SSSR count). The second-order valence-electron chi connectivity index (χ2n) is 5.48. The number of aromatic amines is 1. The lowest BCUT2D eigenvalue weighted by Gasteiger charge is -2.22. The number of hydrogen-bond donors (Lipinski definition) is 1. The van der Waals surface area contributed by atoms with E-state index in [4.69, 9.17) is 12.2 Å². The molecule has 2 aromatic rings. The lowest BCUT2D eigenvalue weighted by Crippen LogP contribution is -2.34. The average Bonchev–Trinajstić information content (AvgIpc) is 3.04. The smallest absolute Gasteiger partial charge is 0.245 e. The fourth-order valence-corrected chi connectivity index (χ4v) is 3.40. The van der Waals surface area contributed by atoms with E-state index >= 15 is 0 Å². The van der Waals surface area contributed by atoms with Crippen LogP contribution in [0.15, 0.2) is 18.2 Å². The van der Waals surface area contributed by atoms with E-state index in [-0.39, 0.29) is 11.9 Å². The molecule has 4 nitrogen and oxygen atoms in total. The third kappa shape index (κ3) is 2.06. The van der Waals surface area contributed by atoms with Gasteiger partial charge in [-0.3, -0.25) is 4.79 Å². The molecule has 5 heteroatoms. The molecule has 1 aliphatic rings. The fraction of sp³-hybridized carbons (Fsp3) is 0.467. The number of aryl methyl sites for hydroxylation is 1. The van der Waals surface area contributed by atoms with Crippen LogP contribution in [-0.2, 0) is 4.79 Å². The van der Waals surface area contributed by atoms with E-state index in [1.54, 1.807) is 0 Å². The molecule has 0 aliphatic carbocycles. The molecular weight excluding hydrogens is 270 g/mol. The Kier molecular flexibility index (Phi) is 3.38. The second-order valence-corrected chi connectivity index (χ2v) is 5.87. The van der Waals surface area contributed by atoms with Crippen LogP contribution in [-0.4, -0.2) is 33.4 Å². The number of aromatic nitrogens is 2. The van der Waals surface area contributed by atoms with Crippen molar-refractivity contribution in [2.75, 3.05) is 13.1 Å². The first kappa shape index (κ1) is 13.4. The number of hydrogen-bond acceptors (Lipinski definition) is 2. The van der Waals surface area contributed by atoms with Gasteiger partial charge in [-0.25, -0.2) is 0 Å². The van der Waals surface area contributed by atoms with Crippen molar-refractivity contribution >= 4 is 29.2 Å². The zero-order chi connectivity index (χ0) is 14.3. The Bertz CT molecular complexity index is 709. The number of fused-ring (bicyclic) bond motifs is 1. The van der Waals surface area contributed by atoms with Gasteiger partial charge in [0.25, 0.3) is 0 Å². The second kappa shape index (κ2) is 5.05. The van der Waals surface area contributed by atoms with E-state index < -0.39 is 0 Å². The standard InChI is InChI=1S/C15H19N3OS/c1-10-6-5-7-12-13(10)18(15(20)16-12)11(2)14(19)17-8-3-4-9-17/h5-7,11H,3-4,8-9H2,1-2H3,(H,16,20). The van der Waals surface area contributed by atoms with Crippen LogP contribution in [0.25, 0.3) is 11.0 Å². The molecule has 2 heterocycles. The zero-order valence-corrected chi connectivity index (χ0v) is 12.7. The summed E-state index contributed by atoms with van der Waals surface area (Å²) in [7, 11) is 0. The van der Waals surface area contributed by atoms with Gasteiger partial charge in [0.1, 0.15) is 6.04 Å². The van der Waals surface area contributed by atoms with Crippen LogP contribution in [0.5, 0.6) is 0 Å². The van der Waals surface area contributed by atoms with E-state index in [0.29, 0.717) is 4.77 Å². The van der Waals surface area contributed by atoms with Crippen molar-refractivity contribution in [2.24, 2.45) is 0 Å². The first-order chi connectivity index (χ1) is 9.59. The van der Waals surface area contributed by atoms with Crippen molar-refractivity contribution in [3.8, 4) is 0 Å². The van der Waals surface area contributed by atoms with Gasteiger partial charge in [-0.1, -0.05) is 12.1 Å². The number of para-hydroxylation sites is 1. The van der Waals surface area contributed by atoms with Crippen molar-refractivity contribution in [2.45, 2.75) is 32.7 Å². The first-order valence-corrected chi connectivity index (χ1v) is 7.49. The first-order valence-electron chi connectivity index (χ1n) is 7.08. The van der Waals surface area contributed by atoms with Gasteiger partial charge >= 0.3 is 0 Å².